The number of nitrogens with zero attached hydrogens (tertiary/aromatic N) is 1. The van der Waals surface area contributed by atoms with Crippen molar-refractivity contribution in [2.45, 2.75) is 31.8 Å². The molecule has 2 heterocycles. The second-order valence-corrected chi connectivity index (χ2v) is 11.1. The van der Waals surface area contributed by atoms with Crippen LogP contribution in [-0.4, -0.2) is 28.5 Å². The second kappa shape index (κ2) is 10.8. The molecular formula is C31H26ClFN2O3S. The van der Waals surface area contributed by atoms with Crippen LogP contribution in [0.1, 0.15) is 54.2 Å². The third-order valence-corrected chi connectivity index (χ3v) is 8.77. The van der Waals surface area contributed by atoms with Crippen LogP contribution in [0, 0.1) is 25.6 Å². The number of Topliss-reactive ketones (excluding diaryl/α,β-unsaturated/α-hetero) is 1. The first-order chi connectivity index (χ1) is 18.7. The number of carbonyl (C=O) groups excluding carboxylic acids is 3. The summed E-state index contributed by atoms with van der Waals surface area (Å²) >= 11 is 7.62. The lowest BCUT2D eigenvalue weighted by Gasteiger charge is -2.31. The molecule has 1 aliphatic heterocycles. The summed E-state index contributed by atoms with van der Waals surface area (Å²) < 4.78 is 14.2. The van der Waals surface area contributed by atoms with E-state index in [2.05, 4.69) is 0 Å². The van der Waals surface area contributed by atoms with Gasteiger partial charge in [-0.1, -0.05) is 54.1 Å². The van der Waals surface area contributed by atoms with Crippen LogP contribution in [-0.2, 0) is 4.79 Å². The predicted octanol–water partition coefficient (Wildman–Crippen LogP) is 6.49. The Balaban J connectivity index is 1.80. The third-order valence-electron chi connectivity index (χ3n) is 7.39. The zero-order chi connectivity index (χ0) is 27.8. The lowest BCUT2D eigenvalue weighted by molar-refractivity contribution is -0.122. The van der Waals surface area contributed by atoms with Crippen LogP contribution in [0.2, 0.25) is 5.02 Å². The molecule has 4 atom stereocenters. The van der Waals surface area contributed by atoms with Gasteiger partial charge >= 0.3 is 0 Å². The number of primary amides is 1. The van der Waals surface area contributed by atoms with Gasteiger partial charge in [-0.15, -0.1) is 11.3 Å². The third kappa shape index (κ3) is 4.88. The van der Waals surface area contributed by atoms with Gasteiger partial charge in [-0.2, -0.15) is 0 Å². The second-order valence-electron chi connectivity index (χ2n) is 9.76. The Bertz CT molecular complexity index is 1570. The molecular weight excluding hydrogens is 535 g/mol. The van der Waals surface area contributed by atoms with E-state index in [4.69, 9.17) is 17.3 Å². The zero-order valence-electron chi connectivity index (χ0n) is 21.3. The summed E-state index contributed by atoms with van der Waals surface area (Å²) in [5.74, 6) is -3.68. The number of amides is 2. The minimum atomic E-state index is -1.16. The molecule has 4 aromatic rings. The molecule has 0 bridgehead atoms. The fourth-order valence-corrected chi connectivity index (χ4v) is 6.88. The zero-order valence-corrected chi connectivity index (χ0v) is 22.9. The minimum Gasteiger partial charge on any atom is -0.368 e. The van der Waals surface area contributed by atoms with Gasteiger partial charge in [0.2, 0.25) is 5.91 Å². The fraction of sp³-hybridized carbons (Fsp3) is 0.194. The smallest absolute Gasteiger partial charge is 0.255 e. The molecule has 3 aromatic carbocycles. The molecule has 2 N–H and O–H groups in total. The number of carbonyl (C=O) groups is 3. The molecule has 0 spiro atoms. The van der Waals surface area contributed by atoms with Gasteiger partial charge < -0.3 is 10.6 Å². The number of aryl methyl sites for hydroxylation is 2. The number of nitrogens with two attached hydrogens (primary N) is 1. The molecule has 1 saturated heterocycles. The molecule has 1 aromatic heterocycles. The minimum absolute atomic E-state index is 0.0610. The molecule has 8 heteroatoms. The summed E-state index contributed by atoms with van der Waals surface area (Å²) in [5.41, 5.74) is 8.91. The van der Waals surface area contributed by atoms with E-state index in [9.17, 15) is 18.8 Å². The van der Waals surface area contributed by atoms with Crippen LogP contribution >= 0.6 is 22.9 Å². The highest BCUT2D eigenvalue weighted by Crippen LogP contribution is 2.53. The molecule has 0 saturated carbocycles. The Morgan fingerprint density at radius 1 is 0.923 bits per heavy atom. The molecule has 39 heavy (non-hydrogen) atoms. The maximum Gasteiger partial charge on any atom is 0.255 e. The van der Waals surface area contributed by atoms with Crippen LogP contribution < -0.4 is 5.73 Å². The largest absolute Gasteiger partial charge is 0.368 e. The lowest BCUT2D eigenvalue weighted by Crippen LogP contribution is -2.46. The molecule has 2 amide bonds. The Morgan fingerprint density at radius 3 is 2.26 bits per heavy atom. The van der Waals surface area contributed by atoms with E-state index < -0.39 is 41.6 Å². The monoisotopic (exact) mass is 560 g/mol. The average molecular weight is 561 g/mol. The molecule has 5 nitrogen and oxygen atoms in total. The van der Waals surface area contributed by atoms with Crippen molar-refractivity contribution in [1.82, 2.24) is 4.90 Å². The number of thiophene rings is 1. The van der Waals surface area contributed by atoms with Gasteiger partial charge in [0.15, 0.2) is 5.78 Å². The number of benzene rings is 3. The van der Waals surface area contributed by atoms with Gasteiger partial charge in [-0.3, -0.25) is 14.4 Å². The van der Waals surface area contributed by atoms with Crippen LogP contribution in [0.15, 0.2) is 84.2 Å². The molecule has 0 radical (unpaired) electrons. The Kier molecular flexibility index (Phi) is 7.38. The highest BCUT2D eigenvalue weighted by atomic mass is 35.5. The lowest BCUT2D eigenvalue weighted by atomic mass is 9.77. The quantitative estimate of drug-likeness (QED) is 0.274. The van der Waals surface area contributed by atoms with Crippen molar-refractivity contribution in [1.29, 1.82) is 0 Å². The average Bonchev–Trinajstić information content (AvgIpc) is 3.49. The molecule has 1 aliphatic rings. The van der Waals surface area contributed by atoms with E-state index >= 15 is 0 Å². The van der Waals surface area contributed by atoms with Crippen molar-refractivity contribution in [2.75, 3.05) is 0 Å². The number of hydrogen-bond donors (Lipinski definition) is 1. The van der Waals surface area contributed by atoms with E-state index in [1.807, 2.05) is 37.4 Å². The first-order valence-electron chi connectivity index (χ1n) is 12.5. The summed E-state index contributed by atoms with van der Waals surface area (Å²) in [6.45, 7) is 3.76. The van der Waals surface area contributed by atoms with Gasteiger partial charge in [0.1, 0.15) is 11.9 Å². The maximum atomic E-state index is 14.5. The number of ketones is 1. The van der Waals surface area contributed by atoms with E-state index in [-0.39, 0.29) is 11.3 Å². The number of halogens is 2. The van der Waals surface area contributed by atoms with E-state index in [0.29, 0.717) is 16.1 Å². The number of hydrogen-bond acceptors (Lipinski definition) is 4. The first-order valence-corrected chi connectivity index (χ1v) is 13.7. The molecule has 198 valence electrons. The Morgan fingerprint density at radius 2 is 1.64 bits per heavy atom. The normalized spacial score (nSPS) is 20.7. The molecule has 5 rings (SSSR count). The van der Waals surface area contributed by atoms with Crippen molar-refractivity contribution in [3.8, 4) is 0 Å². The topological polar surface area (TPSA) is 80.5 Å². The maximum absolute atomic E-state index is 14.5. The Labute approximate surface area is 235 Å². The van der Waals surface area contributed by atoms with Crippen molar-refractivity contribution in [2.24, 2.45) is 11.7 Å². The van der Waals surface area contributed by atoms with E-state index in [1.165, 1.54) is 34.4 Å². The van der Waals surface area contributed by atoms with Gasteiger partial charge in [-0.25, -0.2) is 4.39 Å². The van der Waals surface area contributed by atoms with Crippen LogP contribution in [0.4, 0.5) is 4.39 Å². The van der Waals surface area contributed by atoms with Crippen molar-refractivity contribution >= 4 is 40.5 Å². The van der Waals surface area contributed by atoms with E-state index in [0.717, 1.165) is 22.1 Å². The van der Waals surface area contributed by atoms with Crippen molar-refractivity contribution in [3.63, 3.8) is 0 Å². The summed E-state index contributed by atoms with van der Waals surface area (Å²) in [4.78, 5) is 44.1. The Hall–Kier alpha value is -3.81. The summed E-state index contributed by atoms with van der Waals surface area (Å²) in [6, 6.07) is 19.3. The van der Waals surface area contributed by atoms with Crippen molar-refractivity contribution in [3.05, 3.63) is 128 Å². The van der Waals surface area contributed by atoms with Gasteiger partial charge in [-0.05, 0) is 72.3 Å². The van der Waals surface area contributed by atoms with Gasteiger partial charge in [0.05, 0.1) is 12.0 Å². The highest BCUT2D eigenvalue weighted by Gasteiger charge is 2.57. The van der Waals surface area contributed by atoms with Gasteiger partial charge in [0, 0.05) is 26.9 Å². The summed E-state index contributed by atoms with van der Waals surface area (Å²) in [7, 11) is 0. The van der Waals surface area contributed by atoms with Crippen molar-refractivity contribution < 1.29 is 18.8 Å². The number of rotatable bonds is 6. The first kappa shape index (κ1) is 26.8. The number of likely N-dealkylation sites (tertiary alicyclic amines) is 1. The molecule has 1 fully saturated rings. The summed E-state index contributed by atoms with van der Waals surface area (Å²) in [6.07, 6.45) is 0. The van der Waals surface area contributed by atoms with Crippen LogP contribution in [0.25, 0.3) is 0 Å². The summed E-state index contributed by atoms with van der Waals surface area (Å²) in [5, 5.41) is 2.38. The molecule has 0 aliphatic carbocycles. The standard InChI is InChI=1S/C31H26ClFN2O3S/c1-17-6-3-4-9-23(17)28(36)24-25(29-18(2)14-15-39-29)27(30(34)37)35(26(24)19-10-12-21(32)13-11-19)31(38)20-7-5-8-22(33)16-20/h3-16,24-27H,1-2H3,(H2,34,37). The predicted molar refractivity (Wildman–Crippen MR) is 151 cm³/mol. The highest BCUT2D eigenvalue weighted by molar-refractivity contribution is 7.10. The SMILES string of the molecule is Cc1ccccc1C(=O)C1C(c2sccc2C)C(C(N)=O)N(C(=O)c2cccc(F)c2)C1c1ccc(Cl)cc1. The van der Waals surface area contributed by atoms with Gasteiger partial charge in [0.25, 0.3) is 5.91 Å². The molecule has 4 unspecified atom stereocenters. The van der Waals surface area contributed by atoms with Crippen LogP contribution in [0.5, 0.6) is 0 Å². The fourth-order valence-electron chi connectivity index (χ4n) is 5.64. The van der Waals surface area contributed by atoms with Crippen LogP contribution in [0.3, 0.4) is 0 Å². The van der Waals surface area contributed by atoms with E-state index in [1.54, 1.807) is 36.4 Å².